The molecule has 0 radical (unpaired) electrons. The lowest BCUT2D eigenvalue weighted by Gasteiger charge is -2.11. The Morgan fingerprint density at radius 3 is 3.00 bits per heavy atom. The molecule has 2 heterocycles. The van der Waals surface area contributed by atoms with Gasteiger partial charge in [-0.2, -0.15) is 0 Å². The minimum Gasteiger partial charge on any atom is -0.383 e. The van der Waals surface area contributed by atoms with E-state index in [4.69, 9.17) is 4.74 Å². The van der Waals surface area contributed by atoms with E-state index in [0.29, 0.717) is 26.2 Å². The van der Waals surface area contributed by atoms with Crippen LogP contribution in [0.4, 0.5) is 4.79 Å². The van der Waals surface area contributed by atoms with E-state index in [1.165, 1.54) is 4.90 Å². The van der Waals surface area contributed by atoms with Crippen molar-refractivity contribution in [2.45, 2.75) is 13.1 Å². The predicted octanol–water partition coefficient (Wildman–Crippen LogP) is -1.43. The minimum atomic E-state index is -0.350. The quantitative estimate of drug-likeness (QED) is 0.447. The molecule has 2 rings (SSSR count). The third-order valence-electron chi connectivity index (χ3n) is 2.86. The lowest BCUT2D eigenvalue weighted by molar-refractivity contribution is -0.125. The van der Waals surface area contributed by atoms with E-state index in [9.17, 15) is 9.59 Å². The molecule has 1 aliphatic heterocycles. The van der Waals surface area contributed by atoms with Gasteiger partial charge in [-0.25, -0.2) is 4.79 Å². The molecule has 0 aliphatic carbocycles. The number of carbonyl (C=O) groups is 2. The molecule has 0 saturated carbocycles. The van der Waals surface area contributed by atoms with Crippen LogP contribution in [0.5, 0.6) is 0 Å². The third kappa shape index (κ3) is 3.75. The van der Waals surface area contributed by atoms with Gasteiger partial charge in [-0.15, -0.1) is 5.10 Å². The number of nitrogens with one attached hydrogen (secondary N) is 2. The highest BCUT2D eigenvalue weighted by atomic mass is 16.5. The number of ether oxygens (including phenoxy) is 1. The summed E-state index contributed by atoms with van der Waals surface area (Å²) in [5, 5.41) is 13.6. The standard InChI is InChI=1S/C11H18N6O3/c1-20-5-2-12-6-9-8-16(15-14-9)3-4-17-10(18)7-13-11(17)19/h8,12H,2-7H2,1H3,(H,13,19). The van der Waals surface area contributed by atoms with Crippen molar-refractivity contribution in [1.82, 2.24) is 30.5 Å². The van der Waals surface area contributed by atoms with Gasteiger partial charge in [-0.1, -0.05) is 5.21 Å². The molecule has 9 nitrogen and oxygen atoms in total. The molecule has 1 aliphatic rings. The SMILES string of the molecule is COCCNCc1cn(CCN2C(=O)CNC2=O)nn1. The zero-order chi connectivity index (χ0) is 14.4. The van der Waals surface area contributed by atoms with Gasteiger partial charge in [0, 0.05) is 26.4 Å². The second-order valence-electron chi connectivity index (χ2n) is 4.35. The lowest BCUT2D eigenvalue weighted by atomic mass is 10.4. The van der Waals surface area contributed by atoms with Crippen LogP contribution >= 0.6 is 0 Å². The summed E-state index contributed by atoms with van der Waals surface area (Å²) >= 11 is 0. The number of carbonyl (C=O) groups excluding carboxylic acids is 2. The third-order valence-corrected chi connectivity index (χ3v) is 2.86. The van der Waals surface area contributed by atoms with Gasteiger partial charge in [0.2, 0.25) is 5.91 Å². The maximum atomic E-state index is 11.4. The fourth-order valence-corrected chi connectivity index (χ4v) is 1.80. The van der Waals surface area contributed by atoms with Crippen LogP contribution in [0.3, 0.4) is 0 Å². The van der Waals surface area contributed by atoms with Crippen molar-refractivity contribution in [2.75, 3.05) is 33.4 Å². The topological polar surface area (TPSA) is 101 Å². The van der Waals surface area contributed by atoms with E-state index < -0.39 is 0 Å². The summed E-state index contributed by atoms with van der Waals surface area (Å²) in [6.45, 7) is 2.79. The van der Waals surface area contributed by atoms with E-state index >= 15 is 0 Å². The van der Waals surface area contributed by atoms with Gasteiger partial charge >= 0.3 is 6.03 Å². The molecule has 1 aromatic heterocycles. The Hall–Kier alpha value is -2.00. The van der Waals surface area contributed by atoms with Gasteiger partial charge in [-0.05, 0) is 0 Å². The summed E-state index contributed by atoms with van der Waals surface area (Å²) in [4.78, 5) is 23.9. The molecule has 1 saturated heterocycles. The van der Waals surface area contributed by atoms with Crippen LogP contribution in [0.2, 0.25) is 0 Å². The highest BCUT2D eigenvalue weighted by Crippen LogP contribution is 2.00. The van der Waals surface area contributed by atoms with Gasteiger partial charge in [0.15, 0.2) is 0 Å². The molecule has 0 aromatic carbocycles. The Labute approximate surface area is 116 Å². The summed E-state index contributed by atoms with van der Waals surface area (Å²) in [5.41, 5.74) is 0.804. The van der Waals surface area contributed by atoms with E-state index in [0.717, 1.165) is 12.2 Å². The first kappa shape index (κ1) is 14.4. The molecule has 20 heavy (non-hydrogen) atoms. The van der Waals surface area contributed by atoms with Crippen LogP contribution < -0.4 is 10.6 Å². The van der Waals surface area contributed by atoms with Crippen molar-refractivity contribution in [3.63, 3.8) is 0 Å². The molecule has 110 valence electrons. The van der Waals surface area contributed by atoms with Gasteiger partial charge in [0.25, 0.3) is 0 Å². The smallest absolute Gasteiger partial charge is 0.324 e. The molecule has 1 aromatic rings. The van der Waals surface area contributed by atoms with Crippen molar-refractivity contribution in [3.8, 4) is 0 Å². The number of rotatable bonds is 8. The average Bonchev–Trinajstić information content (AvgIpc) is 3.01. The highest BCUT2D eigenvalue weighted by Gasteiger charge is 2.27. The first-order valence-electron chi connectivity index (χ1n) is 6.37. The molecule has 0 unspecified atom stereocenters. The van der Waals surface area contributed by atoms with Crippen LogP contribution in [-0.4, -0.2) is 65.2 Å². The van der Waals surface area contributed by atoms with E-state index in [2.05, 4.69) is 20.9 Å². The van der Waals surface area contributed by atoms with Crippen LogP contribution in [0.1, 0.15) is 5.69 Å². The maximum absolute atomic E-state index is 11.4. The number of amides is 3. The van der Waals surface area contributed by atoms with Crippen molar-refractivity contribution in [3.05, 3.63) is 11.9 Å². The first-order chi connectivity index (χ1) is 9.70. The van der Waals surface area contributed by atoms with Gasteiger partial charge in [-0.3, -0.25) is 14.4 Å². The Kier molecular flexibility index (Phi) is 5.02. The number of methoxy groups -OCH3 is 1. The highest BCUT2D eigenvalue weighted by molar-refractivity contribution is 6.01. The van der Waals surface area contributed by atoms with Gasteiger partial charge in [0.05, 0.1) is 31.9 Å². The first-order valence-corrected chi connectivity index (χ1v) is 6.37. The van der Waals surface area contributed by atoms with Crippen LogP contribution in [0, 0.1) is 0 Å². The number of urea groups is 1. The Morgan fingerprint density at radius 1 is 1.45 bits per heavy atom. The molecular formula is C11H18N6O3. The number of nitrogens with zero attached hydrogens (tertiary/aromatic N) is 4. The maximum Gasteiger partial charge on any atom is 0.324 e. The molecule has 1 fully saturated rings. The molecule has 0 spiro atoms. The largest absolute Gasteiger partial charge is 0.383 e. The predicted molar refractivity (Wildman–Crippen MR) is 68.7 cm³/mol. The number of hydrogen-bond acceptors (Lipinski definition) is 6. The van der Waals surface area contributed by atoms with Crippen LogP contribution in [0.15, 0.2) is 6.20 Å². The molecular weight excluding hydrogens is 264 g/mol. The average molecular weight is 282 g/mol. The second kappa shape index (κ2) is 6.96. The normalized spacial score (nSPS) is 14.9. The number of aromatic nitrogens is 3. The van der Waals surface area contributed by atoms with Gasteiger partial charge in [0.1, 0.15) is 0 Å². The molecule has 0 bridgehead atoms. The fraction of sp³-hybridized carbons (Fsp3) is 0.636. The minimum absolute atomic E-state index is 0.0743. The number of hydrogen-bond donors (Lipinski definition) is 2. The fourth-order valence-electron chi connectivity index (χ4n) is 1.80. The van der Waals surface area contributed by atoms with E-state index in [-0.39, 0.29) is 18.5 Å². The number of imide groups is 1. The Morgan fingerprint density at radius 2 is 2.30 bits per heavy atom. The van der Waals surface area contributed by atoms with E-state index in [1.807, 2.05) is 0 Å². The monoisotopic (exact) mass is 282 g/mol. The summed E-state index contributed by atoms with van der Waals surface area (Å²) in [6, 6.07) is -0.350. The van der Waals surface area contributed by atoms with Crippen molar-refractivity contribution in [1.29, 1.82) is 0 Å². The lowest BCUT2D eigenvalue weighted by Crippen LogP contribution is -2.33. The van der Waals surface area contributed by atoms with Gasteiger partial charge < -0.3 is 15.4 Å². The molecule has 9 heteroatoms. The molecule has 2 N–H and O–H groups in total. The summed E-state index contributed by atoms with van der Waals surface area (Å²) in [6.07, 6.45) is 1.79. The zero-order valence-electron chi connectivity index (χ0n) is 11.3. The Bertz CT molecular complexity index is 458. The van der Waals surface area contributed by atoms with Crippen molar-refractivity contribution < 1.29 is 14.3 Å². The van der Waals surface area contributed by atoms with Crippen molar-refractivity contribution in [2.24, 2.45) is 0 Å². The molecule has 0 atom stereocenters. The summed E-state index contributed by atoms with van der Waals surface area (Å²) in [7, 11) is 1.65. The van der Waals surface area contributed by atoms with E-state index in [1.54, 1.807) is 18.0 Å². The van der Waals surface area contributed by atoms with Crippen LogP contribution in [0.25, 0.3) is 0 Å². The Balaban J connectivity index is 1.75. The zero-order valence-corrected chi connectivity index (χ0v) is 11.3. The van der Waals surface area contributed by atoms with Crippen LogP contribution in [-0.2, 0) is 22.6 Å². The molecule has 3 amide bonds. The second-order valence-corrected chi connectivity index (χ2v) is 4.35. The summed E-state index contributed by atoms with van der Waals surface area (Å²) in [5.74, 6) is -0.212. The van der Waals surface area contributed by atoms with Crippen molar-refractivity contribution >= 4 is 11.9 Å². The summed E-state index contributed by atoms with van der Waals surface area (Å²) < 4.78 is 6.54.